The lowest BCUT2D eigenvalue weighted by Gasteiger charge is -2.20. The van der Waals surface area contributed by atoms with E-state index in [1.54, 1.807) is 33.3 Å². The van der Waals surface area contributed by atoms with Crippen LogP contribution in [0.2, 0.25) is 0 Å². The van der Waals surface area contributed by atoms with Gasteiger partial charge in [-0.15, -0.1) is 0 Å². The molecule has 0 aliphatic rings. The molecule has 26 heavy (non-hydrogen) atoms. The number of methoxy groups -OCH3 is 2. The van der Waals surface area contributed by atoms with Gasteiger partial charge < -0.3 is 14.8 Å². The Kier molecular flexibility index (Phi) is 6.16. The van der Waals surface area contributed by atoms with Crippen molar-refractivity contribution in [3.63, 3.8) is 0 Å². The number of rotatable bonds is 8. The number of ether oxygens (including phenoxy) is 2. The highest BCUT2D eigenvalue weighted by Gasteiger charge is 2.20. The number of hydrogen-bond acceptors (Lipinski definition) is 6. The van der Waals surface area contributed by atoms with Crippen molar-refractivity contribution in [1.82, 2.24) is 15.1 Å². The first-order valence-corrected chi connectivity index (χ1v) is 8.04. The van der Waals surface area contributed by atoms with Gasteiger partial charge in [-0.1, -0.05) is 6.92 Å². The summed E-state index contributed by atoms with van der Waals surface area (Å²) in [6.07, 6.45) is 2.46. The highest BCUT2D eigenvalue weighted by Crippen LogP contribution is 2.29. The minimum absolute atomic E-state index is 0.105. The molecule has 0 saturated carbocycles. The Morgan fingerprint density at radius 3 is 2.65 bits per heavy atom. The van der Waals surface area contributed by atoms with E-state index in [-0.39, 0.29) is 24.2 Å². The largest absolute Gasteiger partial charge is 0.497 e. The third kappa shape index (κ3) is 4.50. The van der Waals surface area contributed by atoms with Crippen LogP contribution in [0, 0.1) is 16.0 Å². The molecule has 0 aliphatic carbocycles. The SMILES string of the molecule is COc1ccc(OC)c([C@H](C)NC(=O)[C@@H](C)Cn2cc([N+](=O)[O-])cn2)c1. The fourth-order valence-corrected chi connectivity index (χ4v) is 2.52. The van der Waals surface area contributed by atoms with Crippen LogP contribution in [0.4, 0.5) is 5.69 Å². The Morgan fingerprint density at radius 2 is 2.08 bits per heavy atom. The number of carbonyl (C=O) groups is 1. The molecule has 1 aromatic carbocycles. The van der Waals surface area contributed by atoms with E-state index in [0.717, 1.165) is 11.8 Å². The molecule has 1 N–H and O–H groups in total. The predicted octanol–water partition coefficient (Wildman–Crippen LogP) is 2.32. The van der Waals surface area contributed by atoms with Gasteiger partial charge in [0.15, 0.2) is 0 Å². The number of hydrogen-bond donors (Lipinski definition) is 1. The molecule has 1 aromatic heterocycles. The van der Waals surface area contributed by atoms with Crippen molar-refractivity contribution in [3.8, 4) is 11.5 Å². The zero-order valence-electron chi connectivity index (χ0n) is 15.1. The molecule has 1 heterocycles. The number of carbonyl (C=O) groups excluding carboxylic acids is 1. The maximum Gasteiger partial charge on any atom is 0.306 e. The molecule has 0 radical (unpaired) electrons. The molecule has 140 valence electrons. The third-order valence-electron chi connectivity index (χ3n) is 4.00. The van der Waals surface area contributed by atoms with E-state index < -0.39 is 10.8 Å². The molecule has 0 unspecified atom stereocenters. The summed E-state index contributed by atoms with van der Waals surface area (Å²) in [4.78, 5) is 22.6. The third-order valence-corrected chi connectivity index (χ3v) is 4.00. The summed E-state index contributed by atoms with van der Waals surface area (Å²) in [5.74, 6) is 0.696. The Hall–Kier alpha value is -3.10. The summed E-state index contributed by atoms with van der Waals surface area (Å²) in [5.41, 5.74) is 0.689. The van der Waals surface area contributed by atoms with E-state index in [1.165, 1.54) is 10.9 Å². The summed E-state index contributed by atoms with van der Waals surface area (Å²) in [5, 5.41) is 17.5. The van der Waals surface area contributed by atoms with E-state index in [4.69, 9.17) is 9.47 Å². The quantitative estimate of drug-likeness (QED) is 0.570. The highest BCUT2D eigenvalue weighted by molar-refractivity contribution is 5.78. The molecule has 0 fully saturated rings. The molecule has 0 bridgehead atoms. The molecule has 1 amide bonds. The van der Waals surface area contributed by atoms with E-state index in [1.807, 2.05) is 13.0 Å². The first-order chi connectivity index (χ1) is 12.3. The normalized spacial score (nSPS) is 12.9. The molecular formula is C17H22N4O5. The lowest BCUT2D eigenvalue weighted by molar-refractivity contribution is -0.385. The van der Waals surface area contributed by atoms with Crippen LogP contribution in [-0.2, 0) is 11.3 Å². The zero-order chi connectivity index (χ0) is 19.3. The average Bonchev–Trinajstić information content (AvgIpc) is 3.09. The van der Waals surface area contributed by atoms with Gasteiger partial charge in [0.25, 0.3) is 0 Å². The van der Waals surface area contributed by atoms with Crippen molar-refractivity contribution in [1.29, 1.82) is 0 Å². The first-order valence-electron chi connectivity index (χ1n) is 8.04. The molecular weight excluding hydrogens is 340 g/mol. The number of nitrogens with zero attached hydrogens (tertiary/aromatic N) is 3. The van der Waals surface area contributed by atoms with Gasteiger partial charge in [-0.3, -0.25) is 19.6 Å². The van der Waals surface area contributed by atoms with Crippen LogP contribution >= 0.6 is 0 Å². The maximum absolute atomic E-state index is 12.5. The summed E-state index contributed by atoms with van der Waals surface area (Å²) in [7, 11) is 3.13. The van der Waals surface area contributed by atoms with Crippen molar-refractivity contribution >= 4 is 11.6 Å². The number of amides is 1. The van der Waals surface area contributed by atoms with Gasteiger partial charge in [0.1, 0.15) is 23.9 Å². The predicted molar refractivity (Wildman–Crippen MR) is 94.1 cm³/mol. The van der Waals surface area contributed by atoms with Crippen LogP contribution < -0.4 is 14.8 Å². The van der Waals surface area contributed by atoms with Crippen LogP contribution in [0.1, 0.15) is 25.5 Å². The standard InChI is InChI=1S/C17H22N4O5/c1-11(9-20-10-13(8-18-20)21(23)24)17(22)19-12(2)15-7-14(25-3)5-6-16(15)26-4/h5-8,10-12H,9H2,1-4H3,(H,19,22)/t11-,12-/m0/s1. The Labute approximate surface area is 151 Å². The summed E-state index contributed by atoms with van der Waals surface area (Å²) < 4.78 is 12.0. The molecule has 2 aromatic rings. The fraction of sp³-hybridized carbons (Fsp3) is 0.412. The Balaban J connectivity index is 2.04. The van der Waals surface area contributed by atoms with Gasteiger partial charge >= 0.3 is 5.69 Å². The number of nitro groups is 1. The van der Waals surface area contributed by atoms with Gasteiger partial charge in [0.2, 0.25) is 5.91 Å². The monoisotopic (exact) mass is 362 g/mol. The lowest BCUT2D eigenvalue weighted by atomic mass is 10.0. The topological polar surface area (TPSA) is 109 Å². The maximum atomic E-state index is 12.5. The molecule has 2 rings (SSSR count). The zero-order valence-corrected chi connectivity index (χ0v) is 15.1. The van der Waals surface area contributed by atoms with Gasteiger partial charge in [-0.05, 0) is 25.1 Å². The Bertz CT molecular complexity index is 789. The number of aromatic nitrogens is 2. The first kappa shape index (κ1) is 19.2. The molecule has 0 aliphatic heterocycles. The van der Waals surface area contributed by atoms with Crippen LogP contribution in [-0.4, -0.2) is 34.8 Å². The number of nitrogens with one attached hydrogen (secondary N) is 1. The fourth-order valence-electron chi connectivity index (χ4n) is 2.52. The second-order valence-corrected chi connectivity index (χ2v) is 5.92. The van der Waals surface area contributed by atoms with Crippen LogP contribution in [0.25, 0.3) is 0 Å². The molecule has 9 heteroatoms. The van der Waals surface area contributed by atoms with Crippen LogP contribution in [0.3, 0.4) is 0 Å². The summed E-state index contributed by atoms with van der Waals surface area (Å²) in [6.45, 7) is 3.82. The summed E-state index contributed by atoms with van der Waals surface area (Å²) in [6, 6.07) is 5.07. The van der Waals surface area contributed by atoms with Gasteiger partial charge in [0.05, 0.1) is 37.6 Å². The average molecular weight is 362 g/mol. The van der Waals surface area contributed by atoms with Crippen molar-refractivity contribution in [2.24, 2.45) is 5.92 Å². The Morgan fingerprint density at radius 1 is 1.35 bits per heavy atom. The van der Waals surface area contributed by atoms with Crippen molar-refractivity contribution < 1.29 is 19.2 Å². The van der Waals surface area contributed by atoms with Gasteiger partial charge in [-0.2, -0.15) is 5.10 Å². The van der Waals surface area contributed by atoms with Gasteiger partial charge in [-0.25, -0.2) is 0 Å². The minimum atomic E-state index is -0.522. The van der Waals surface area contributed by atoms with Crippen LogP contribution in [0.5, 0.6) is 11.5 Å². The minimum Gasteiger partial charge on any atom is -0.497 e. The highest BCUT2D eigenvalue weighted by atomic mass is 16.6. The van der Waals surface area contributed by atoms with E-state index in [9.17, 15) is 14.9 Å². The van der Waals surface area contributed by atoms with E-state index in [2.05, 4.69) is 10.4 Å². The molecule has 9 nitrogen and oxygen atoms in total. The lowest BCUT2D eigenvalue weighted by Crippen LogP contribution is -2.33. The van der Waals surface area contributed by atoms with E-state index >= 15 is 0 Å². The second-order valence-electron chi connectivity index (χ2n) is 5.92. The molecule has 0 spiro atoms. The summed E-state index contributed by atoms with van der Waals surface area (Å²) >= 11 is 0. The molecule has 0 saturated heterocycles. The number of benzene rings is 1. The molecule has 2 atom stereocenters. The van der Waals surface area contributed by atoms with Crippen molar-refractivity contribution in [2.75, 3.05) is 14.2 Å². The van der Waals surface area contributed by atoms with Crippen molar-refractivity contribution in [3.05, 3.63) is 46.3 Å². The van der Waals surface area contributed by atoms with Crippen molar-refractivity contribution in [2.45, 2.75) is 26.4 Å². The van der Waals surface area contributed by atoms with Crippen LogP contribution in [0.15, 0.2) is 30.6 Å². The smallest absolute Gasteiger partial charge is 0.306 e. The van der Waals surface area contributed by atoms with Gasteiger partial charge in [0, 0.05) is 5.56 Å². The van der Waals surface area contributed by atoms with E-state index in [0.29, 0.717) is 11.5 Å². The second kappa shape index (κ2) is 8.32.